The highest BCUT2D eigenvalue weighted by atomic mass is 16.4. The van der Waals surface area contributed by atoms with Crippen LogP contribution in [0, 0.1) is 0 Å². The predicted octanol–water partition coefficient (Wildman–Crippen LogP) is 0.502. The number of carbonyl (C=O) groups is 1. The molecule has 0 heterocycles. The third-order valence-corrected chi connectivity index (χ3v) is 2.13. The van der Waals surface area contributed by atoms with Crippen molar-refractivity contribution >= 4 is 5.97 Å². The molecule has 0 fully saturated rings. The molecule has 0 aliphatic rings. The number of phenolic OH excluding ortho intramolecular Hbond substituents is 1. The zero-order valence-electron chi connectivity index (χ0n) is 9.10. The quantitative estimate of drug-likeness (QED) is 0.529. The molecule has 1 unspecified atom stereocenters. The topological polar surface area (TPSA) is 81.6 Å². The Morgan fingerprint density at radius 3 is 2.50 bits per heavy atom. The van der Waals surface area contributed by atoms with Gasteiger partial charge in [-0.15, -0.1) is 0 Å². The molecule has 0 aromatic heterocycles. The van der Waals surface area contributed by atoms with E-state index < -0.39 is 12.0 Å². The first-order valence-electron chi connectivity index (χ1n) is 5.12. The number of phenols is 1. The number of nitrogens with one attached hydrogen (secondary N) is 2. The number of carboxylic acids is 1. The van der Waals surface area contributed by atoms with Gasteiger partial charge in [0.05, 0.1) is 0 Å². The van der Waals surface area contributed by atoms with E-state index in [1.807, 2.05) is 6.92 Å². The van der Waals surface area contributed by atoms with Crippen LogP contribution >= 0.6 is 0 Å². The standard InChI is InChI=1S/C11H16N2O3/c1-2-12-13-10(11(15)16)7-8-3-5-9(14)6-4-8/h3-6,10,12-14H,2,7H2,1H3,(H,15,16). The lowest BCUT2D eigenvalue weighted by Gasteiger charge is -2.14. The van der Waals surface area contributed by atoms with Crippen LogP contribution in [-0.4, -0.2) is 28.8 Å². The second-order valence-electron chi connectivity index (χ2n) is 3.44. The van der Waals surface area contributed by atoms with Crippen LogP contribution in [0.1, 0.15) is 12.5 Å². The highest BCUT2D eigenvalue weighted by Gasteiger charge is 2.16. The van der Waals surface area contributed by atoms with Gasteiger partial charge < -0.3 is 10.2 Å². The van der Waals surface area contributed by atoms with Crippen LogP contribution in [0.2, 0.25) is 0 Å². The first-order chi connectivity index (χ1) is 7.63. The van der Waals surface area contributed by atoms with Crippen molar-refractivity contribution < 1.29 is 15.0 Å². The van der Waals surface area contributed by atoms with E-state index in [2.05, 4.69) is 10.9 Å². The molecule has 1 rings (SSSR count). The van der Waals surface area contributed by atoms with Gasteiger partial charge in [0.25, 0.3) is 0 Å². The maximum Gasteiger partial charge on any atom is 0.322 e. The van der Waals surface area contributed by atoms with Crippen LogP contribution < -0.4 is 10.9 Å². The first kappa shape index (κ1) is 12.5. The van der Waals surface area contributed by atoms with Crippen molar-refractivity contribution in [1.82, 2.24) is 10.9 Å². The van der Waals surface area contributed by atoms with Gasteiger partial charge in [-0.2, -0.15) is 0 Å². The summed E-state index contributed by atoms with van der Waals surface area (Å²) < 4.78 is 0. The van der Waals surface area contributed by atoms with Gasteiger partial charge in [-0.05, 0) is 24.1 Å². The van der Waals surface area contributed by atoms with Gasteiger partial charge >= 0.3 is 5.97 Å². The molecule has 16 heavy (non-hydrogen) atoms. The van der Waals surface area contributed by atoms with Crippen LogP contribution in [-0.2, 0) is 11.2 Å². The normalized spacial score (nSPS) is 12.3. The molecule has 0 radical (unpaired) electrons. The molecule has 0 saturated heterocycles. The number of carboxylic acid groups (broad SMARTS) is 1. The van der Waals surface area contributed by atoms with Gasteiger partial charge in [-0.25, -0.2) is 5.43 Å². The maximum atomic E-state index is 10.9. The number of hydrogen-bond donors (Lipinski definition) is 4. The van der Waals surface area contributed by atoms with Gasteiger partial charge in [0.15, 0.2) is 0 Å². The van der Waals surface area contributed by atoms with E-state index in [0.717, 1.165) is 5.56 Å². The van der Waals surface area contributed by atoms with Crippen LogP contribution in [0.25, 0.3) is 0 Å². The third kappa shape index (κ3) is 3.88. The molecule has 0 aliphatic carbocycles. The van der Waals surface area contributed by atoms with Crippen LogP contribution in [0.15, 0.2) is 24.3 Å². The fraction of sp³-hybridized carbons (Fsp3) is 0.364. The lowest BCUT2D eigenvalue weighted by Crippen LogP contribution is -2.46. The summed E-state index contributed by atoms with van der Waals surface area (Å²) in [6, 6.07) is 5.82. The Labute approximate surface area is 94.1 Å². The van der Waals surface area contributed by atoms with Crippen molar-refractivity contribution in [3.8, 4) is 5.75 Å². The molecule has 0 amide bonds. The molecule has 1 aromatic rings. The number of hydrogen-bond acceptors (Lipinski definition) is 4. The summed E-state index contributed by atoms with van der Waals surface area (Å²) >= 11 is 0. The smallest absolute Gasteiger partial charge is 0.322 e. The molecule has 0 saturated carbocycles. The van der Waals surface area contributed by atoms with Gasteiger partial charge in [0, 0.05) is 6.54 Å². The Morgan fingerprint density at radius 1 is 1.38 bits per heavy atom. The Hall–Kier alpha value is -1.59. The number of rotatable bonds is 6. The van der Waals surface area contributed by atoms with E-state index in [-0.39, 0.29) is 5.75 Å². The SMILES string of the molecule is CCNNC(Cc1ccc(O)cc1)C(=O)O. The second-order valence-corrected chi connectivity index (χ2v) is 3.44. The zero-order chi connectivity index (χ0) is 12.0. The summed E-state index contributed by atoms with van der Waals surface area (Å²) in [6.07, 6.45) is 0.364. The summed E-state index contributed by atoms with van der Waals surface area (Å²) in [5.74, 6) is -0.732. The van der Waals surface area contributed by atoms with Crippen molar-refractivity contribution in [3.63, 3.8) is 0 Å². The monoisotopic (exact) mass is 224 g/mol. The summed E-state index contributed by atoms with van der Waals surface area (Å²) in [5, 5.41) is 18.1. The average molecular weight is 224 g/mol. The summed E-state index contributed by atoms with van der Waals surface area (Å²) in [5.41, 5.74) is 6.36. The summed E-state index contributed by atoms with van der Waals surface area (Å²) in [4.78, 5) is 10.9. The zero-order valence-corrected chi connectivity index (χ0v) is 9.10. The van der Waals surface area contributed by atoms with Crippen molar-refractivity contribution in [2.75, 3.05) is 6.54 Å². The average Bonchev–Trinajstić information content (AvgIpc) is 2.26. The third-order valence-electron chi connectivity index (χ3n) is 2.13. The van der Waals surface area contributed by atoms with E-state index in [4.69, 9.17) is 10.2 Å². The number of benzene rings is 1. The molecule has 0 spiro atoms. The Morgan fingerprint density at radius 2 is 2.00 bits per heavy atom. The molecule has 0 aliphatic heterocycles. The largest absolute Gasteiger partial charge is 0.508 e. The lowest BCUT2D eigenvalue weighted by atomic mass is 10.1. The minimum atomic E-state index is -0.908. The Balaban J connectivity index is 2.60. The highest BCUT2D eigenvalue weighted by molar-refractivity contribution is 5.73. The van der Waals surface area contributed by atoms with Crippen molar-refractivity contribution in [3.05, 3.63) is 29.8 Å². The molecule has 1 atom stereocenters. The number of aromatic hydroxyl groups is 1. The van der Waals surface area contributed by atoms with Gasteiger partial charge in [0.2, 0.25) is 0 Å². The number of aliphatic carboxylic acids is 1. The number of hydrazine groups is 1. The highest BCUT2D eigenvalue weighted by Crippen LogP contribution is 2.11. The van der Waals surface area contributed by atoms with E-state index in [1.54, 1.807) is 24.3 Å². The summed E-state index contributed by atoms with van der Waals surface area (Å²) in [6.45, 7) is 2.53. The lowest BCUT2D eigenvalue weighted by molar-refractivity contribution is -0.139. The molecule has 5 nitrogen and oxygen atoms in total. The van der Waals surface area contributed by atoms with Crippen molar-refractivity contribution in [1.29, 1.82) is 0 Å². The first-order valence-corrected chi connectivity index (χ1v) is 5.12. The van der Waals surface area contributed by atoms with E-state index >= 15 is 0 Å². The van der Waals surface area contributed by atoms with Crippen molar-refractivity contribution in [2.45, 2.75) is 19.4 Å². The van der Waals surface area contributed by atoms with Crippen LogP contribution in [0.3, 0.4) is 0 Å². The molecule has 1 aromatic carbocycles. The molecule has 4 N–H and O–H groups in total. The molecular weight excluding hydrogens is 208 g/mol. The maximum absolute atomic E-state index is 10.9. The Kier molecular flexibility index (Phi) is 4.75. The predicted molar refractivity (Wildman–Crippen MR) is 60.0 cm³/mol. The van der Waals surface area contributed by atoms with Crippen LogP contribution in [0.5, 0.6) is 5.75 Å². The van der Waals surface area contributed by atoms with E-state index in [1.165, 1.54) is 0 Å². The summed E-state index contributed by atoms with van der Waals surface area (Å²) in [7, 11) is 0. The second kappa shape index (κ2) is 6.09. The van der Waals surface area contributed by atoms with Gasteiger partial charge in [-0.1, -0.05) is 19.1 Å². The molecule has 5 heteroatoms. The van der Waals surface area contributed by atoms with E-state index in [9.17, 15) is 4.79 Å². The van der Waals surface area contributed by atoms with Gasteiger partial charge in [0.1, 0.15) is 11.8 Å². The fourth-order valence-electron chi connectivity index (χ4n) is 1.29. The molecule has 88 valence electrons. The minimum Gasteiger partial charge on any atom is -0.508 e. The minimum absolute atomic E-state index is 0.176. The van der Waals surface area contributed by atoms with Crippen LogP contribution in [0.4, 0.5) is 0 Å². The van der Waals surface area contributed by atoms with Gasteiger partial charge in [-0.3, -0.25) is 10.2 Å². The van der Waals surface area contributed by atoms with E-state index in [0.29, 0.717) is 13.0 Å². The molecular formula is C11H16N2O3. The fourth-order valence-corrected chi connectivity index (χ4v) is 1.29. The Bertz CT molecular complexity index is 338. The van der Waals surface area contributed by atoms with Crippen molar-refractivity contribution in [2.24, 2.45) is 0 Å². The molecule has 0 bridgehead atoms.